The second-order valence-electron chi connectivity index (χ2n) is 4.13. The highest BCUT2D eigenvalue weighted by atomic mass is 35.5. The molecule has 0 unspecified atom stereocenters. The van der Waals surface area contributed by atoms with Gasteiger partial charge in [0, 0.05) is 6.61 Å². The Hall–Kier alpha value is -0.610. The second kappa shape index (κ2) is 5.15. The number of rotatable bonds is 4. The molecule has 5 heteroatoms. The van der Waals surface area contributed by atoms with E-state index in [1.54, 1.807) is 0 Å². The number of nitrogens with zero attached hydrogens (tertiary/aromatic N) is 2. The summed E-state index contributed by atoms with van der Waals surface area (Å²) in [6.45, 7) is 2.67. The van der Waals surface area contributed by atoms with Crippen LogP contribution in [-0.2, 0) is 16.2 Å². The normalized spacial score (nSPS) is 19.9. The Morgan fingerprint density at radius 2 is 2.12 bits per heavy atom. The van der Waals surface area contributed by atoms with Gasteiger partial charge in [-0.3, -0.25) is 0 Å². The first kappa shape index (κ1) is 11.9. The monoisotopic (exact) mass is 244 g/mol. The molecule has 1 aromatic rings. The molecule has 1 aromatic heterocycles. The largest absolute Gasteiger partial charge is 0.367 e. The molecular weight excluding hydrogens is 228 g/mol. The summed E-state index contributed by atoms with van der Waals surface area (Å²) in [6, 6.07) is 0. The maximum Gasteiger partial charge on any atom is 0.241 e. The Kier molecular flexibility index (Phi) is 3.82. The molecule has 1 heterocycles. The van der Waals surface area contributed by atoms with E-state index < -0.39 is 0 Å². The second-order valence-corrected chi connectivity index (χ2v) is 4.40. The van der Waals surface area contributed by atoms with Crippen molar-refractivity contribution >= 4 is 11.6 Å². The van der Waals surface area contributed by atoms with Gasteiger partial charge in [0.05, 0.1) is 0 Å². The highest BCUT2D eigenvalue weighted by molar-refractivity contribution is 6.16. The van der Waals surface area contributed by atoms with Gasteiger partial charge in [0.15, 0.2) is 0 Å². The van der Waals surface area contributed by atoms with Crippen LogP contribution >= 0.6 is 11.6 Å². The van der Waals surface area contributed by atoms with Crippen LogP contribution < -0.4 is 0 Å². The molecule has 0 saturated heterocycles. The Morgan fingerprint density at radius 1 is 1.38 bits per heavy atom. The van der Waals surface area contributed by atoms with Crippen LogP contribution in [0.4, 0.5) is 0 Å². The van der Waals surface area contributed by atoms with E-state index in [4.69, 9.17) is 20.9 Å². The third kappa shape index (κ3) is 2.23. The standard InChI is InChI=1S/C11H17ClN2O2/c1-2-15-11(6-4-3-5-7-11)10-13-9(8-12)16-14-10/h2-8H2,1H3. The van der Waals surface area contributed by atoms with E-state index in [2.05, 4.69) is 10.1 Å². The van der Waals surface area contributed by atoms with Crippen molar-refractivity contribution in [1.82, 2.24) is 10.1 Å². The smallest absolute Gasteiger partial charge is 0.241 e. The van der Waals surface area contributed by atoms with Crippen LogP contribution in [0, 0.1) is 0 Å². The summed E-state index contributed by atoms with van der Waals surface area (Å²) in [7, 11) is 0. The Labute approximate surface area is 100 Å². The van der Waals surface area contributed by atoms with E-state index in [1.165, 1.54) is 6.42 Å². The average Bonchev–Trinajstić information content (AvgIpc) is 2.80. The first-order chi connectivity index (χ1) is 7.80. The zero-order chi connectivity index (χ0) is 11.4. The van der Waals surface area contributed by atoms with Crippen LogP contribution in [0.5, 0.6) is 0 Å². The minimum atomic E-state index is -0.333. The highest BCUT2D eigenvalue weighted by Crippen LogP contribution is 2.39. The van der Waals surface area contributed by atoms with Gasteiger partial charge in [-0.15, -0.1) is 11.6 Å². The molecule has 1 aliphatic carbocycles. The molecule has 2 rings (SSSR count). The van der Waals surface area contributed by atoms with Crippen molar-refractivity contribution in [1.29, 1.82) is 0 Å². The number of hydrogen-bond donors (Lipinski definition) is 0. The van der Waals surface area contributed by atoms with Gasteiger partial charge in [0.1, 0.15) is 11.5 Å². The molecule has 16 heavy (non-hydrogen) atoms. The SMILES string of the molecule is CCOC1(c2noc(CCl)n2)CCCCC1. The van der Waals surface area contributed by atoms with Crippen LogP contribution in [0.3, 0.4) is 0 Å². The van der Waals surface area contributed by atoms with Crippen molar-refractivity contribution in [2.75, 3.05) is 6.61 Å². The summed E-state index contributed by atoms with van der Waals surface area (Å²) >= 11 is 5.66. The van der Waals surface area contributed by atoms with E-state index >= 15 is 0 Å². The van der Waals surface area contributed by atoms with Crippen molar-refractivity contribution in [3.8, 4) is 0 Å². The molecule has 0 atom stereocenters. The molecule has 0 aromatic carbocycles. The summed E-state index contributed by atoms with van der Waals surface area (Å²) < 4.78 is 11.0. The lowest BCUT2D eigenvalue weighted by molar-refractivity contribution is -0.0777. The van der Waals surface area contributed by atoms with Crippen molar-refractivity contribution in [2.24, 2.45) is 0 Å². The van der Waals surface area contributed by atoms with Gasteiger partial charge in [-0.1, -0.05) is 24.4 Å². The molecule has 1 fully saturated rings. The summed E-state index contributed by atoms with van der Waals surface area (Å²) in [6.07, 6.45) is 5.52. The molecule has 4 nitrogen and oxygen atoms in total. The molecule has 0 radical (unpaired) electrons. The third-order valence-electron chi connectivity index (χ3n) is 3.07. The lowest BCUT2D eigenvalue weighted by Gasteiger charge is -2.33. The quantitative estimate of drug-likeness (QED) is 0.764. The van der Waals surface area contributed by atoms with Crippen LogP contribution in [0.1, 0.15) is 50.7 Å². The van der Waals surface area contributed by atoms with Crippen LogP contribution in [0.2, 0.25) is 0 Å². The van der Waals surface area contributed by atoms with Gasteiger partial charge in [-0.2, -0.15) is 4.98 Å². The zero-order valence-corrected chi connectivity index (χ0v) is 10.3. The average molecular weight is 245 g/mol. The molecule has 1 saturated carbocycles. The summed E-state index contributed by atoms with van der Waals surface area (Å²) in [5, 5.41) is 4.01. The maximum atomic E-state index is 5.89. The van der Waals surface area contributed by atoms with Crippen molar-refractivity contribution < 1.29 is 9.26 Å². The predicted octanol–water partition coefficient (Wildman–Crippen LogP) is 3.00. The minimum Gasteiger partial charge on any atom is -0.367 e. The van der Waals surface area contributed by atoms with E-state index in [0.29, 0.717) is 18.3 Å². The van der Waals surface area contributed by atoms with Crippen molar-refractivity contribution in [3.05, 3.63) is 11.7 Å². The van der Waals surface area contributed by atoms with E-state index in [0.717, 1.165) is 25.7 Å². The van der Waals surface area contributed by atoms with E-state index in [-0.39, 0.29) is 11.5 Å². The first-order valence-electron chi connectivity index (χ1n) is 5.84. The third-order valence-corrected chi connectivity index (χ3v) is 3.30. The van der Waals surface area contributed by atoms with E-state index in [9.17, 15) is 0 Å². The van der Waals surface area contributed by atoms with Crippen LogP contribution in [0.25, 0.3) is 0 Å². The van der Waals surface area contributed by atoms with E-state index in [1.807, 2.05) is 6.92 Å². The number of hydrogen-bond acceptors (Lipinski definition) is 4. The van der Waals surface area contributed by atoms with Gasteiger partial charge in [0.2, 0.25) is 11.7 Å². The first-order valence-corrected chi connectivity index (χ1v) is 6.37. The lowest BCUT2D eigenvalue weighted by Crippen LogP contribution is -2.33. The van der Waals surface area contributed by atoms with Crippen molar-refractivity contribution in [2.45, 2.75) is 50.5 Å². The number of ether oxygens (including phenoxy) is 1. The number of halogens is 1. The summed E-state index contributed by atoms with van der Waals surface area (Å²) in [5.74, 6) is 1.40. The maximum absolute atomic E-state index is 5.89. The molecular formula is C11H17ClN2O2. The Morgan fingerprint density at radius 3 is 2.69 bits per heavy atom. The minimum absolute atomic E-state index is 0.259. The number of aromatic nitrogens is 2. The topological polar surface area (TPSA) is 48.2 Å². The highest BCUT2D eigenvalue weighted by Gasteiger charge is 2.39. The van der Waals surface area contributed by atoms with Gasteiger partial charge in [0.25, 0.3) is 0 Å². The fourth-order valence-corrected chi connectivity index (χ4v) is 2.43. The predicted molar refractivity (Wildman–Crippen MR) is 60.2 cm³/mol. The fourth-order valence-electron chi connectivity index (χ4n) is 2.33. The Bertz CT molecular complexity index is 329. The number of alkyl halides is 1. The molecule has 0 aliphatic heterocycles. The summed E-state index contributed by atoms with van der Waals surface area (Å²) in [5.41, 5.74) is -0.333. The van der Waals surface area contributed by atoms with Gasteiger partial charge in [-0.25, -0.2) is 0 Å². The zero-order valence-electron chi connectivity index (χ0n) is 9.54. The molecule has 1 aliphatic rings. The molecule has 0 amide bonds. The molecule has 90 valence electrons. The van der Waals surface area contributed by atoms with Crippen LogP contribution in [-0.4, -0.2) is 16.7 Å². The Balaban J connectivity index is 2.23. The van der Waals surface area contributed by atoms with Crippen molar-refractivity contribution in [3.63, 3.8) is 0 Å². The molecule has 0 spiro atoms. The van der Waals surface area contributed by atoms with Gasteiger partial charge in [-0.05, 0) is 19.8 Å². The fraction of sp³-hybridized carbons (Fsp3) is 0.818. The van der Waals surface area contributed by atoms with Gasteiger partial charge >= 0.3 is 0 Å². The molecule has 0 bridgehead atoms. The van der Waals surface area contributed by atoms with Crippen LogP contribution in [0.15, 0.2) is 4.52 Å². The summed E-state index contributed by atoms with van der Waals surface area (Å²) in [4.78, 5) is 4.31. The molecule has 0 N–H and O–H groups in total. The lowest BCUT2D eigenvalue weighted by atomic mass is 9.84. The van der Waals surface area contributed by atoms with Gasteiger partial charge < -0.3 is 9.26 Å².